The van der Waals surface area contributed by atoms with Gasteiger partial charge in [0.2, 0.25) is 0 Å². The van der Waals surface area contributed by atoms with Crippen LogP contribution in [-0.4, -0.2) is 11.3 Å². The molecule has 0 radical (unpaired) electrons. The van der Waals surface area contributed by atoms with Gasteiger partial charge in [0.05, 0.1) is 0 Å². The topological polar surface area (TPSA) is 32.9 Å². The van der Waals surface area contributed by atoms with Crippen molar-refractivity contribution in [1.82, 2.24) is 4.98 Å². The maximum Gasteiger partial charge on any atom is 0.119 e. The van der Waals surface area contributed by atoms with Crippen LogP contribution in [0.5, 0.6) is 0 Å². The van der Waals surface area contributed by atoms with E-state index in [0.717, 1.165) is 25.5 Å². The second kappa shape index (κ2) is 4.78. The Bertz CT molecular complexity index is 444. The van der Waals surface area contributed by atoms with Gasteiger partial charge in [-0.15, -0.1) is 0 Å². The minimum Gasteiger partial charge on any atom is -0.361 e. The Hall–Kier alpha value is -1.57. The van der Waals surface area contributed by atoms with E-state index in [1.54, 1.807) is 0 Å². The predicted octanol–water partition coefficient (Wildman–Crippen LogP) is 3.08. The number of H-pyrrole nitrogens is 1. The summed E-state index contributed by atoms with van der Waals surface area (Å²) in [6.45, 7) is 0. The Labute approximate surface area is 89.3 Å². The van der Waals surface area contributed by atoms with E-state index < -0.39 is 0 Å². The van der Waals surface area contributed by atoms with Gasteiger partial charge in [0.25, 0.3) is 0 Å². The fraction of sp³-hybridized carbons (Fsp3) is 0.308. The highest BCUT2D eigenvalue weighted by Crippen LogP contribution is 2.19. The zero-order valence-electron chi connectivity index (χ0n) is 8.70. The van der Waals surface area contributed by atoms with Gasteiger partial charge in [0, 0.05) is 23.5 Å². The third-order valence-corrected chi connectivity index (χ3v) is 2.69. The molecule has 1 aromatic heterocycles. The number of aromatic amines is 1. The third kappa shape index (κ3) is 2.27. The summed E-state index contributed by atoms with van der Waals surface area (Å²) >= 11 is 0. The van der Waals surface area contributed by atoms with Gasteiger partial charge < -0.3 is 9.78 Å². The minimum absolute atomic E-state index is 0.683. The van der Waals surface area contributed by atoms with Gasteiger partial charge in [-0.3, -0.25) is 0 Å². The van der Waals surface area contributed by atoms with Gasteiger partial charge in [-0.1, -0.05) is 18.2 Å². The standard InChI is InChI=1S/C13H15NO/c15-9-5-1-2-6-11-10-14-13-8-4-3-7-12(11)13/h3-4,7-10,14H,1-2,5-6H2. The Kier molecular flexibility index (Phi) is 3.18. The molecule has 0 spiro atoms. The Balaban J connectivity index is 2.05. The second-order valence-electron chi connectivity index (χ2n) is 3.77. The number of aromatic nitrogens is 1. The van der Waals surface area contributed by atoms with Crippen LogP contribution in [-0.2, 0) is 11.2 Å². The van der Waals surface area contributed by atoms with E-state index in [2.05, 4.69) is 29.4 Å². The second-order valence-corrected chi connectivity index (χ2v) is 3.77. The molecule has 0 saturated heterocycles. The zero-order chi connectivity index (χ0) is 10.5. The minimum atomic E-state index is 0.683. The Morgan fingerprint density at radius 2 is 2.07 bits per heavy atom. The summed E-state index contributed by atoms with van der Waals surface area (Å²) in [5, 5.41) is 1.31. The van der Waals surface area contributed by atoms with Crippen molar-refractivity contribution < 1.29 is 4.79 Å². The molecule has 1 N–H and O–H groups in total. The average molecular weight is 201 g/mol. The molecular weight excluding hydrogens is 186 g/mol. The number of carbonyl (C=O) groups is 1. The lowest BCUT2D eigenvalue weighted by Gasteiger charge is -1.97. The van der Waals surface area contributed by atoms with Gasteiger partial charge in [0.15, 0.2) is 0 Å². The van der Waals surface area contributed by atoms with Crippen molar-refractivity contribution >= 4 is 17.2 Å². The van der Waals surface area contributed by atoms with Crippen molar-refractivity contribution in [1.29, 1.82) is 0 Å². The first kappa shape index (κ1) is 9.97. The van der Waals surface area contributed by atoms with E-state index in [0.29, 0.717) is 6.42 Å². The summed E-state index contributed by atoms with van der Waals surface area (Å²) in [6.07, 6.45) is 6.88. The molecule has 2 heteroatoms. The molecule has 0 saturated carbocycles. The molecular formula is C13H15NO. The first-order valence-electron chi connectivity index (χ1n) is 5.40. The van der Waals surface area contributed by atoms with E-state index in [1.807, 2.05) is 6.07 Å². The lowest BCUT2D eigenvalue weighted by molar-refractivity contribution is -0.107. The summed E-state index contributed by atoms with van der Waals surface area (Å²) in [7, 11) is 0. The van der Waals surface area contributed by atoms with Crippen molar-refractivity contribution in [2.75, 3.05) is 0 Å². The number of rotatable bonds is 5. The maximum absolute atomic E-state index is 10.2. The highest BCUT2D eigenvalue weighted by molar-refractivity contribution is 5.82. The highest BCUT2D eigenvalue weighted by Gasteiger charge is 2.01. The molecule has 78 valence electrons. The molecule has 2 rings (SSSR count). The van der Waals surface area contributed by atoms with Crippen LogP contribution in [0.25, 0.3) is 10.9 Å². The number of hydrogen-bond donors (Lipinski definition) is 1. The number of aldehydes is 1. The summed E-state index contributed by atoms with van der Waals surface area (Å²) in [5.74, 6) is 0. The first-order chi connectivity index (χ1) is 7.42. The molecule has 1 heterocycles. The molecule has 0 aliphatic rings. The monoisotopic (exact) mass is 201 g/mol. The van der Waals surface area contributed by atoms with Crippen molar-refractivity contribution in [2.24, 2.45) is 0 Å². The highest BCUT2D eigenvalue weighted by atomic mass is 16.1. The van der Waals surface area contributed by atoms with E-state index >= 15 is 0 Å². The van der Waals surface area contributed by atoms with Crippen LogP contribution in [0.15, 0.2) is 30.5 Å². The predicted molar refractivity (Wildman–Crippen MR) is 61.9 cm³/mol. The lowest BCUT2D eigenvalue weighted by Crippen LogP contribution is -1.84. The molecule has 0 unspecified atom stereocenters. The number of hydrogen-bond acceptors (Lipinski definition) is 1. The summed E-state index contributed by atoms with van der Waals surface area (Å²) in [4.78, 5) is 13.4. The van der Waals surface area contributed by atoms with Crippen LogP contribution in [0.3, 0.4) is 0 Å². The molecule has 15 heavy (non-hydrogen) atoms. The Morgan fingerprint density at radius 3 is 2.93 bits per heavy atom. The van der Waals surface area contributed by atoms with Crippen LogP contribution in [0.1, 0.15) is 24.8 Å². The molecule has 0 aliphatic carbocycles. The van der Waals surface area contributed by atoms with Gasteiger partial charge in [-0.2, -0.15) is 0 Å². The molecule has 0 atom stereocenters. The number of nitrogens with one attached hydrogen (secondary N) is 1. The molecule has 0 amide bonds. The third-order valence-electron chi connectivity index (χ3n) is 2.69. The number of unbranched alkanes of at least 4 members (excludes halogenated alkanes) is 2. The van der Waals surface area contributed by atoms with Crippen LogP contribution < -0.4 is 0 Å². The molecule has 2 nitrogen and oxygen atoms in total. The van der Waals surface area contributed by atoms with Crippen molar-refractivity contribution in [3.8, 4) is 0 Å². The smallest absolute Gasteiger partial charge is 0.119 e. The number of fused-ring (bicyclic) bond motifs is 1. The summed E-state index contributed by atoms with van der Waals surface area (Å²) < 4.78 is 0. The SMILES string of the molecule is O=CCCCCc1c[nH]c2ccccc12. The lowest BCUT2D eigenvalue weighted by atomic mass is 10.1. The number of carbonyl (C=O) groups excluding carboxylic acids is 1. The van der Waals surface area contributed by atoms with Crippen molar-refractivity contribution in [3.63, 3.8) is 0 Å². The van der Waals surface area contributed by atoms with Crippen LogP contribution in [0, 0.1) is 0 Å². The quantitative estimate of drug-likeness (QED) is 0.585. The molecule has 0 aliphatic heterocycles. The molecule has 0 fully saturated rings. The van der Waals surface area contributed by atoms with E-state index in [4.69, 9.17) is 0 Å². The zero-order valence-corrected chi connectivity index (χ0v) is 8.70. The fourth-order valence-corrected chi connectivity index (χ4v) is 1.88. The number of para-hydroxylation sites is 1. The number of benzene rings is 1. The largest absolute Gasteiger partial charge is 0.361 e. The van der Waals surface area contributed by atoms with Crippen LogP contribution >= 0.6 is 0 Å². The molecule has 2 aromatic rings. The number of aryl methyl sites for hydroxylation is 1. The van der Waals surface area contributed by atoms with Crippen LogP contribution in [0.4, 0.5) is 0 Å². The van der Waals surface area contributed by atoms with E-state index in [1.165, 1.54) is 16.5 Å². The van der Waals surface area contributed by atoms with Crippen molar-refractivity contribution in [3.05, 3.63) is 36.0 Å². The normalized spacial score (nSPS) is 10.7. The van der Waals surface area contributed by atoms with Gasteiger partial charge >= 0.3 is 0 Å². The van der Waals surface area contributed by atoms with Gasteiger partial charge in [-0.25, -0.2) is 0 Å². The van der Waals surface area contributed by atoms with Crippen LogP contribution in [0.2, 0.25) is 0 Å². The first-order valence-corrected chi connectivity index (χ1v) is 5.40. The summed E-state index contributed by atoms with van der Waals surface area (Å²) in [6, 6.07) is 8.32. The van der Waals surface area contributed by atoms with Crippen molar-refractivity contribution in [2.45, 2.75) is 25.7 Å². The van der Waals surface area contributed by atoms with Gasteiger partial charge in [-0.05, 0) is 30.9 Å². The summed E-state index contributed by atoms with van der Waals surface area (Å²) in [5.41, 5.74) is 2.55. The fourth-order valence-electron chi connectivity index (χ4n) is 1.88. The van der Waals surface area contributed by atoms with E-state index in [-0.39, 0.29) is 0 Å². The Morgan fingerprint density at radius 1 is 1.20 bits per heavy atom. The molecule has 0 bridgehead atoms. The van der Waals surface area contributed by atoms with E-state index in [9.17, 15) is 4.79 Å². The maximum atomic E-state index is 10.2. The molecule has 1 aromatic carbocycles. The van der Waals surface area contributed by atoms with Gasteiger partial charge in [0.1, 0.15) is 6.29 Å². The average Bonchev–Trinajstić information content (AvgIpc) is 2.68.